The molecular weight excluding hydrogens is 436 g/mol. The highest BCUT2D eigenvalue weighted by Crippen LogP contribution is 2.35. The maximum atomic E-state index is 13.3. The highest BCUT2D eigenvalue weighted by atomic mass is 35.5. The predicted molar refractivity (Wildman–Crippen MR) is 132 cm³/mol. The summed E-state index contributed by atoms with van der Waals surface area (Å²) in [5, 5.41) is 0.732. The number of rotatable bonds is 5. The average Bonchev–Trinajstić information content (AvgIpc) is 2.93. The Labute approximate surface area is 199 Å². The van der Waals surface area contributed by atoms with Gasteiger partial charge in [-0.05, 0) is 61.4 Å². The summed E-state index contributed by atoms with van der Waals surface area (Å²) in [4.78, 5) is 30.1. The molecule has 1 unspecified atom stereocenters. The van der Waals surface area contributed by atoms with Crippen molar-refractivity contribution in [2.24, 2.45) is 5.92 Å². The van der Waals surface area contributed by atoms with Crippen LogP contribution in [0.5, 0.6) is 5.75 Å². The maximum absolute atomic E-state index is 13.3. The van der Waals surface area contributed by atoms with Crippen LogP contribution in [0.1, 0.15) is 28.4 Å². The van der Waals surface area contributed by atoms with Gasteiger partial charge in [0.15, 0.2) is 0 Å². The van der Waals surface area contributed by atoms with Gasteiger partial charge in [-0.2, -0.15) is 0 Å². The predicted octanol–water partition coefficient (Wildman–Crippen LogP) is 5.67. The highest BCUT2D eigenvalue weighted by molar-refractivity contribution is 6.32. The summed E-state index contributed by atoms with van der Waals surface area (Å²) in [6.07, 6.45) is 0. The van der Waals surface area contributed by atoms with Crippen LogP contribution in [0.4, 0.5) is 11.4 Å². The molecule has 3 aromatic carbocycles. The van der Waals surface area contributed by atoms with Crippen LogP contribution in [-0.2, 0) is 4.79 Å². The molecule has 2 amide bonds. The summed E-state index contributed by atoms with van der Waals surface area (Å²) in [7, 11) is 0. The van der Waals surface area contributed by atoms with Crippen LogP contribution in [0.2, 0.25) is 5.02 Å². The van der Waals surface area contributed by atoms with Crippen molar-refractivity contribution in [2.45, 2.75) is 20.8 Å². The summed E-state index contributed by atoms with van der Waals surface area (Å²) in [5.41, 5.74) is 3.93. The van der Waals surface area contributed by atoms with Crippen molar-refractivity contribution in [3.63, 3.8) is 0 Å². The lowest BCUT2D eigenvalue weighted by atomic mass is 10.1. The van der Waals surface area contributed by atoms with Gasteiger partial charge in [0.2, 0.25) is 5.91 Å². The zero-order valence-electron chi connectivity index (χ0n) is 19.0. The quantitative estimate of drug-likeness (QED) is 0.491. The van der Waals surface area contributed by atoms with E-state index in [9.17, 15) is 9.59 Å². The molecule has 1 aliphatic heterocycles. The van der Waals surface area contributed by atoms with Crippen molar-refractivity contribution in [2.75, 3.05) is 29.5 Å². The van der Waals surface area contributed by atoms with Crippen LogP contribution in [0, 0.1) is 19.8 Å². The highest BCUT2D eigenvalue weighted by Gasteiger charge is 2.33. The second-order valence-electron chi connectivity index (χ2n) is 8.38. The Morgan fingerprint density at radius 1 is 1.00 bits per heavy atom. The van der Waals surface area contributed by atoms with Crippen molar-refractivity contribution in [1.82, 2.24) is 0 Å². The lowest BCUT2D eigenvalue weighted by Gasteiger charge is -2.25. The van der Waals surface area contributed by atoms with Crippen LogP contribution < -0.4 is 14.5 Å². The van der Waals surface area contributed by atoms with Crippen LogP contribution in [-0.4, -0.2) is 31.5 Å². The second-order valence-corrected chi connectivity index (χ2v) is 8.76. The number of carbonyl (C=O) groups excluding carboxylic acids is 2. The third-order valence-corrected chi connectivity index (χ3v) is 6.46. The Balaban J connectivity index is 1.60. The molecule has 1 atom stereocenters. The van der Waals surface area contributed by atoms with Gasteiger partial charge in [0.1, 0.15) is 12.4 Å². The fourth-order valence-corrected chi connectivity index (χ4v) is 4.27. The van der Waals surface area contributed by atoms with Crippen molar-refractivity contribution in [3.05, 3.63) is 88.4 Å². The minimum atomic E-state index is -0.356. The number of amides is 2. The molecule has 0 radical (unpaired) electrons. The molecule has 1 aliphatic rings. The minimum Gasteiger partial charge on any atom is -0.492 e. The normalized spacial score (nSPS) is 15.8. The van der Waals surface area contributed by atoms with Crippen LogP contribution in [0.3, 0.4) is 0 Å². The van der Waals surface area contributed by atoms with Gasteiger partial charge in [-0.25, -0.2) is 0 Å². The van der Waals surface area contributed by atoms with Gasteiger partial charge in [0.25, 0.3) is 5.91 Å². The number of hydrogen-bond acceptors (Lipinski definition) is 3. The first-order valence-corrected chi connectivity index (χ1v) is 11.4. The smallest absolute Gasteiger partial charge is 0.258 e. The first-order chi connectivity index (χ1) is 15.9. The van der Waals surface area contributed by atoms with Gasteiger partial charge in [0.05, 0.1) is 23.8 Å². The Morgan fingerprint density at radius 2 is 1.61 bits per heavy atom. The standard InChI is InChI=1S/C27H27ClN2O3/c1-18-15-22(16-19(2)25(18)28)33-14-13-29-23-11-7-8-12-24(23)30(17-20(3)26(29)31)27(32)21-9-5-4-6-10-21/h4-12,15-16,20H,13-14,17H2,1-3H3. The molecule has 5 nitrogen and oxygen atoms in total. The maximum Gasteiger partial charge on any atom is 0.258 e. The molecule has 170 valence electrons. The van der Waals surface area contributed by atoms with Crippen molar-refractivity contribution < 1.29 is 14.3 Å². The zero-order valence-corrected chi connectivity index (χ0v) is 19.8. The summed E-state index contributed by atoms with van der Waals surface area (Å²) >= 11 is 6.26. The third kappa shape index (κ3) is 4.74. The fraction of sp³-hybridized carbons (Fsp3) is 0.259. The second kappa shape index (κ2) is 9.67. The van der Waals surface area contributed by atoms with Crippen molar-refractivity contribution in [3.8, 4) is 5.75 Å². The number of fused-ring (bicyclic) bond motifs is 1. The largest absolute Gasteiger partial charge is 0.492 e. The molecule has 0 saturated heterocycles. The SMILES string of the molecule is Cc1cc(OCCN2C(=O)C(C)CN(C(=O)c3ccccc3)c3ccccc32)cc(C)c1Cl. The van der Waals surface area contributed by atoms with E-state index in [1.807, 2.05) is 75.4 Å². The molecule has 6 heteroatoms. The van der Waals surface area contributed by atoms with E-state index in [2.05, 4.69) is 0 Å². The van der Waals surface area contributed by atoms with Gasteiger partial charge < -0.3 is 14.5 Å². The van der Waals surface area contributed by atoms with E-state index in [0.29, 0.717) is 30.9 Å². The van der Waals surface area contributed by atoms with Gasteiger partial charge in [-0.3, -0.25) is 9.59 Å². The number of aryl methyl sites for hydroxylation is 2. The molecule has 0 saturated carbocycles. The molecule has 4 rings (SSSR count). The Morgan fingerprint density at radius 3 is 2.27 bits per heavy atom. The molecule has 0 aliphatic carbocycles. The summed E-state index contributed by atoms with van der Waals surface area (Å²) in [5.74, 6) is 0.217. The molecule has 0 fully saturated rings. The number of carbonyl (C=O) groups is 2. The number of para-hydroxylation sites is 2. The number of nitrogens with zero attached hydrogens (tertiary/aromatic N) is 2. The summed E-state index contributed by atoms with van der Waals surface area (Å²) < 4.78 is 5.98. The molecular formula is C27H27ClN2O3. The molecule has 0 bridgehead atoms. The van der Waals surface area contributed by atoms with E-state index in [1.165, 1.54) is 0 Å². The Hall–Kier alpha value is -3.31. The van der Waals surface area contributed by atoms with Gasteiger partial charge in [-0.15, -0.1) is 0 Å². The van der Waals surface area contributed by atoms with Gasteiger partial charge >= 0.3 is 0 Å². The molecule has 0 aromatic heterocycles. The number of benzene rings is 3. The summed E-state index contributed by atoms with van der Waals surface area (Å²) in [6.45, 7) is 6.75. The minimum absolute atomic E-state index is 0.0297. The van der Waals surface area contributed by atoms with E-state index >= 15 is 0 Å². The monoisotopic (exact) mass is 462 g/mol. The topological polar surface area (TPSA) is 49.9 Å². The van der Waals surface area contributed by atoms with Crippen LogP contribution in [0.15, 0.2) is 66.7 Å². The van der Waals surface area contributed by atoms with Gasteiger partial charge in [0, 0.05) is 17.1 Å². The third-order valence-electron chi connectivity index (χ3n) is 5.87. The number of ether oxygens (including phenoxy) is 1. The van der Waals surface area contributed by atoms with E-state index in [4.69, 9.17) is 16.3 Å². The summed E-state index contributed by atoms with van der Waals surface area (Å²) in [6, 6.07) is 20.5. The first-order valence-electron chi connectivity index (χ1n) is 11.0. The molecule has 1 heterocycles. The van der Waals surface area contributed by atoms with E-state index in [0.717, 1.165) is 27.6 Å². The zero-order chi connectivity index (χ0) is 23.5. The van der Waals surface area contributed by atoms with Crippen molar-refractivity contribution >= 4 is 34.8 Å². The van der Waals surface area contributed by atoms with E-state index < -0.39 is 0 Å². The van der Waals surface area contributed by atoms with E-state index in [-0.39, 0.29) is 17.7 Å². The van der Waals surface area contributed by atoms with E-state index in [1.54, 1.807) is 21.9 Å². The number of hydrogen-bond donors (Lipinski definition) is 0. The number of halogens is 1. The first kappa shape index (κ1) is 22.9. The molecule has 33 heavy (non-hydrogen) atoms. The van der Waals surface area contributed by atoms with Crippen LogP contribution >= 0.6 is 11.6 Å². The lowest BCUT2D eigenvalue weighted by molar-refractivity contribution is -0.121. The lowest BCUT2D eigenvalue weighted by Crippen LogP contribution is -2.39. The van der Waals surface area contributed by atoms with Crippen molar-refractivity contribution in [1.29, 1.82) is 0 Å². The molecule has 3 aromatic rings. The Kier molecular flexibility index (Phi) is 6.70. The van der Waals surface area contributed by atoms with Crippen LogP contribution in [0.25, 0.3) is 0 Å². The average molecular weight is 463 g/mol. The molecule has 0 spiro atoms. The number of anilines is 2. The fourth-order valence-electron chi connectivity index (χ4n) is 4.16. The molecule has 0 N–H and O–H groups in total. The van der Waals surface area contributed by atoms with Gasteiger partial charge in [-0.1, -0.05) is 48.9 Å². The Bertz CT molecular complexity index is 1160.